The fraction of sp³-hybridized carbons (Fsp3) is 0.611. The number of hydrogen-bond donors (Lipinski definition) is 2. The third-order valence-corrected chi connectivity index (χ3v) is 3.13. The lowest BCUT2D eigenvalue weighted by molar-refractivity contribution is 0.0164. The Bertz CT molecular complexity index is 455. The van der Waals surface area contributed by atoms with Gasteiger partial charge in [-0.25, -0.2) is 4.79 Å². The Morgan fingerprint density at radius 1 is 1.26 bits per heavy atom. The van der Waals surface area contributed by atoms with Crippen molar-refractivity contribution < 1.29 is 14.6 Å². The second kappa shape index (κ2) is 9.53. The van der Waals surface area contributed by atoms with Gasteiger partial charge in [0.2, 0.25) is 0 Å². The number of rotatable bonds is 8. The van der Waals surface area contributed by atoms with E-state index in [0.717, 1.165) is 13.0 Å². The van der Waals surface area contributed by atoms with E-state index in [1.165, 1.54) is 5.56 Å². The van der Waals surface area contributed by atoms with Gasteiger partial charge in [-0.2, -0.15) is 0 Å². The first kappa shape index (κ1) is 19.5. The SMILES string of the molecule is CC(O)CN(CCNCCc1ccccc1)C(=O)OC(C)(C)C. The van der Waals surface area contributed by atoms with Gasteiger partial charge in [-0.05, 0) is 46.2 Å². The van der Waals surface area contributed by atoms with Gasteiger partial charge >= 0.3 is 6.09 Å². The minimum atomic E-state index is -0.577. The molecular formula is C18H30N2O3. The molecule has 1 amide bonds. The van der Waals surface area contributed by atoms with Crippen LogP contribution in [-0.2, 0) is 11.2 Å². The highest BCUT2D eigenvalue weighted by molar-refractivity contribution is 5.68. The lowest BCUT2D eigenvalue weighted by Crippen LogP contribution is -2.43. The molecule has 130 valence electrons. The van der Waals surface area contributed by atoms with Gasteiger partial charge in [-0.15, -0.1) is 0 Å². The lowest BCUT2D eigenvalue weighted by Gasteiger charge is -2.28. The van der Waals surface area contributed by atoms with E-state index in [9.17, 15) is 9.90 Å². The van der Waals surface area contributed by atoms with E-state index in [1.807, 2.05) is 39.0 Å². The molecule has 0 bridgehead atoms. The fourth-order valence-corrected chi connectivity index (χ4v) is 2.12. The van der Waals surface area contributed by atoms with Gasteiger partial charge in [-0.1, -0.05) is 30.3 Å². The van der Waals surface area contributed by atoms with Gasteiger partial charge in [0.05, 0.1) is 6.10 Å². The summed E-state index contributed by atoms with van der Waals surface area (Å²) in [5.41, 5.74) is 0.752. The highest BCUT2D eigenvalue weighted by atomic mass is 16.6. The Kier molecular flexibility index (Phi) is 8.06. The van der Waals surface area contributed by atoms with Crippen LogP contribution in [0.3, 0.4) is 0 Å². The van der Waals surface area contributed by atoms with Crippen LogP contribution in [-0.4, -0.2) is 54.0 Å². The number of nitrogens with one attached hydrogen (secondary N) is 1. The summed E-state index contributed by atoms with van der Waals surface area (Å²) in [6, 6.07) is 10.3. The lowest BCUT2D eigenvalue weighted by atomic mass is 10.1. The number of nitrogens with zero attached hydrogens (tertiary/aromatic N) is 1. The number of ether oxygens (including phenoxy) is 1. The summed E-state index contributed by atoms with van der Waals surface area (Å²) in [6.45, 7) is 9.47. The molecule has 0 aliphatic heterocycles. The topological polar surface area (TPSA) is 61.8 Å². The average molecular weight is 322 g/mol. The molecule has 5 heteroatoms. The van der Waals surface area contributed by atoms with Crippen molar-refractivity contribution in [3.8, 4) is 0 Å². The van der Waals surface area contributed by atoms with Crippen LogP contribution in [0, 0.1) is 0 Å². The molecule has 1 atom stereocenters. The molecule has 0 saturated carbocycles. The Morgan fingerprint density at radius 3 is 2.48 bits per heavy atom. The number of hydrogen-bond acceptors (Lipinski definition) is 4. The predicted molar refractivity (Wildman–Crippen MR) is 92.5 cm³/mol. The summed E-state index contributed by atoms with van der Waals surface area (Å²) in [5, 5.41) is 12.9. The quantitative estimate of drug-likeness (QED) is 0.722. The van der Waals surface area contributed by atoms with Crippen molar-refractivity contribution >= 4 is 6.09 Å². The molecule has 0 aromatic heterocycles. The highest BCUT2D eigenvalue weighted by Crippen LogP contribution is 2.10. The largest absolute Gasteiger partial charge is 0.444 e. The first-order valence-electron chi connectivity index (χ1n) is 8.18. The average Bonchev–Trinajstić information content (AvgIpc) is 2.44. The number of benzene rings is 1. The van der Waals surface area contributed by atoms with Crippen LogP contribution >= 0.6 is 0 Å². The van der Waals surface area contributed by atoms with Gasteiger partial charge in [0.15, 0.2) is 0 Å². The zero-order valence-electron chi connectivity index (χ0n) is 14.7. The van der Waals surface area contributed by atoms with Crippen LogP contribution in [0.5, 0.6) is 0 Å². The number of amides is 1. The molecule has 0 spiro atoms. The van der Waals surface area contributed by atoms with Gasteiger partial charge in [0.1, 0.15) is 5.60 Å². The smallest absolute Gasteiger partial charge is 0.410 e. The molecule has 0 heterocycles. The van der Waals surface area contributed by atoms with Crippen LogP contribution in [0.15, 0.2) is 30.3 Å². The maximum Gasteiger partial charge on any atom is 0.410 e. The number of carbonyl (C=O) groups is 1. The van der Waals surface area contributed by atoms with E-state index in [1.54, 1.807) is 11.8 Å². The first-order chi connectivity index (χ1) is 10.8. The molecule has 0 radical (unpaired) electrons. The second-order valence-corrected chi connectivity index (χ2v) is 6.76. The van der Waals surface area contributed by atoms with E-state index < -0.39 is 11.7 Å². The Hall–Kier alpha value is -1.59. The molecule has 1 aromatic rings. The fourth-order valence-electron chi connectivity index (χ4n) is 2.12. The highest BCUT2D eigenvalue weighted by Gasteiger charge is 2.22. The minimum absolute atomic E-state index is 0.273. The third-order valence-electron chi connectivity index (χ3n) is 3.13. The van der Waals surface area contributed by atoms with Crippen molar-refractivity contribution in [3.05, 3.63) is 35.9 Å². The number of aliphatic hydroxyl groups excluding tert-OH is 1. The van der Waals surface area contributed by atoms with Crippen LogP contribution in [0.1, 0.15) is 33.3 Å². The molecule has 0 fully saturated rings. The summed E-state index contributed by atoms with van der Waals surface area (Å²) in [7, 11) is 0. The van der Waals surface area contributed by atoms with E-state index in [-0.39, 0.29) is 12.6 Å². The molecule has 0 aliphatic carbocycles. The monoisotopic (exact) mass is 322 g/mol. The van der Waals surface area contributed by atoms with Gasteiger partial charge < -0.3 is 20.1 Å². The number of carbonyl (C=O) groups excluding carboxylic acids is 1. The molecular weight excluding hydrogens is 292 g/mol. The van der Waals surface area contributed by atoms with E-state index in [0.29, 0.717) is 13.1 Å². The van der Waals surface area contributed by atoms with Crippen molar-refractivity contribution in [2.45, 2.75) is 45.8 Å². The molecule has 2 N–H and O–H groups in total. The Morgan fingerprint density at radius 2 is 1.91 bits per heavy atom. The van der Waals surface area contributed by atoms with Crippen LogP contribution in [0.25, 0.3) is 0 Å². The molecule has 0 saturated heterocycles. The summed E-state index contributed by atoms with van der Waals surface area (Å²) < 4.78 is 5.38. The van der Waals surface area contributed by atoms with E-state index >= 15 is 0 Å². The van der Waals surface area contributed by atoms with Crippen LogP contribution in [0.2, 0.25) is 0 Å². The molecule has 0 aliphatic rings. The van der Waals surface area contributed by atoms with E-state index in [2.05, 4.69) is 17.4 Å². The third kappa shape index (κ3) is 9.21. The first-order valence-corrected chi connectivity index (χ1v) is 8.18. The maximum absolute atomic E-state index is 12.1. The van der Waals surface area contributed by atoms with Crippen LogP contribution < -0.4 is 5.32 Å². The Balaban J connectivity index is 2.34. The van der Waals surface area contributed by atoms with Gasteiger partial charge in [-0.3, -0.25) is 0 Å². The summed E-state index contributed by atoms with van der Waals surface area (Å²) in [4.78, 5) is 13.7. The minimum Gasteiger partial charge on any atom is -0.444 e. The normalized spacial score (nSPS) is 12.7. The molecule has 1 aromatic carbocycles. The van der Waals surface area contributed by atoms with Gasteiger partial charge in [0, 0.05) is 19.6 Å². The zero-order valence-corrected chi connectivity index (χ0v) is 14.7. The van der Waals surface area contributed by atoms with Crippen molar-refractivity contribution in [2.75, 3.05) is 26.2 Å². The standard InChI is InChI=1S/C18H30N2O3/c1-15(21)14-20(17(22)23-18(2,3)4)13-12-19-11-10-16-8-6-5-7-9-16/h5-9,15,19,21H,10-14H2,1-4H3. The summed E-state index contributed by atoms with van der Waals surface area (Å²) in [5.74, 6) is 0. The zero-order chi connectivity index (χ0) is 17.3. The predicted octanol–water partition coefficient (Wildman–Crippen LogP) is 2.44. The summed E-state index contributed by atoms with van der Waals surface area (Å²) >= 11 is 0. The molecule has 1 rings (SSSR count). The van der Waals surface area contributed by atoms with E-state index in [4.69, 9.17) is 4.74 Å². The van der Waals surface area contributed by atoms with Crippen molar-refractivity contribution in [3.63, 3.8) is 0 Å². The second-order valence-electron chi connectivity index (χ2n) is 6.76. The summed E-state index contributed by atoms with van der Waals surface area (Å²) in [6.07, 6.45) is -0.0148. The van der Waals surface area contributed by atoms with Crippen LogP contribution in [0.4, 0.5) is 4.79 Å². The maximum atomic E-state index is 12.1. The molecule has 1 unspecified atom stereocenters. The molecule has 23 heavy (non-hydrogen) atoms. The van der Waals surface area contributed by atoms with Crippen molar-refractivity contribution in [2.24, 2.45) is 0 Å². The van der Waals surface area contributed by atoms with Gasteiger partial charge in [0.25, 0.3) is 0 Å². The molecule has 5 nitrogen and oxygen atoms in total. The Labute approximate surface area is 139 Å². The van der Waals surface area contributed by atoms with Crippen molar-refractivity contribution in [1.29, 1.82) is 0 Å². The van der Waals surface area contributed by atoms with Crippen molar-refractivity contribution in [1.82, 2.24) is 10.2 Å². The number of aliphatic hydroxyl groups is 1.